The average molecular weight is 313 g/mol. The van der Waals surface area contributed by atoms with E-state index in [1.54, 1.807) is 0 Å². The highest BCUT2D eigenvalue weighted by molar-refractivity contribution is 9.09. The first-order valence-corrected chi connectivity index (χ1v) is 7.59. The van der Waals surface area contributed by atoms with Gasteiger partial charge in [-0.1, -0.05) is 28.1 Å². The topological polar surface area (TPSA) is 26.7 Å². The maximum absolute atomic E-state index is 9.63. The Morgan fingerprint density at radius 2 is 2.00 bits per heavy atom. The second-order valence-corrected chi connectivity index (χ2v) is 5.58. The quantitative estimate of drug-likeness (QED) is 0.860. The van der Waals surface area contributed by atoms with Gasteiger partial charge in [-0.05, 0) is 24.6 Å². The molecule has 0 amide bonds. The highest BCUT2D eigenvalue weighted by Crippen LogP contribution is 2.17. The summed E-state index contributed by atoms with van der Waals surface area (Å²) in [5.41, 5.74) is 2.63. The number of β-amino-alcohol motifs (C(OH)–C–C–N with tert-alkyl or cyclic N) is 1. The third-order valence-electron chi connectivity index (χ3n) is 3.39. The molecule has 1 atom stereocenters. The van der Waals surface area contributed by atoms with Gasteiger partial charge >= 0.3 is 0 Å². The van der Waals surface area contributed by atoms with Gasteiger partial charge in [0.1, 0.15) is 0 Å². The molecule has 2 rings (SSSR count). The van der Waals surface area contributed by atoms with Crippen LogP contribution in [0.25, 0.3) is 0 Å². The molecule has 100 valence electrons. The van der Waals surface area contributed by atoms with Gasteiger partial charge in [-0.15, -0.1) is 0 Å². The van der Waals surface area contributed by atoms with Crippen LogP contribution in [0.5, 0.6) is 0 Å². The maximum Gasteiger partial charge on any atom is 0.0763 e. The molecule has 1 aliphatic heterocycles. The molecule has 0 spiro atoms. The molecule has 1 aliphatic rings. The monoisotopic (exact) mass is 312 g/mol. The lowest BCUT2D eigenvalue weighted by atomic mass is 10.2. The summed E-state index contributed by atoms with van der Waals surface area (Å²) < 4.78 is 0. The summed E-state index contributed by atoms with van der Waals surface area (Å²) in [7, 11) is 0. The zero-order chi connectivity index (χ0) is 13.0. The van der Waals surface area contributed by atoms with E-state index in [4.69, 9.17) is 0 Å². The second-order valence-electron chi connectivity index (χ2n) is 4.93. The van der Waals surface area contributed by atoms with E-state index in [1.807, 2.05) is 0 Å². The van der Waals surface area contributed by atoms with Crippen molar-refractivity contribution in [2.75, 3.05) is 43.0 Å². The number of hydrogen-bond donors (Lipinski definition) is 1. The summed E-state index contributed by atoms with van der Waals surface area (Å²) >= 11 is 3.31. The number of halogens is 1. The number of benzene rings is 1. The highest BCUT2D eigenvalue weighted by atomic mass is 79.9. The molecule has 0 bridgehead atoms. The van der Waals surface area contributed by atoms with Crippen molar-refractivity contribution in [3.8, 4) is 0 Å². The highest BCUT2D eigenvalue weighted by Gasteiger charge is 2.18. The smallest absolute Gasteiger partial charge is 0.0763 e. The summed E-state index contributed by atoms with van der Waals surface area (Å²) in [6.07, 6.45) is -0.254. The first-order chi connectivity index (χ1) is 8.69. The van der Waals surface area contributed by atoms with Crippen LogP contribution in [0.15, 0.2) is 24.3 Å². The Labute approximate surface area is 118 Å². The third kappa shape index (κ3) is 3.70. The van der Waals surface area contributed by atoms with Crippen molar-refractivity contribution in [3.05, 3.63) is 29.8 Å². The minimum absolute atomic E-state index is 0.254. The van der Waals surface area contributed by atoms with Crippen LogP contribution >= 0.6 is 15.9 Å². The van der Waals surface area contributed by atoms with Crippen molar-refractivity contribution < 1.29 is 5.11 Å². The first-order valence-electron chi connectivity index (χ1n) is 6.47. The number of alkyl halides is 1. The molecule has 18 heavy (non-hydrogen) atoms. The minimum atomic E-state index is -0.254. The maximum atomic E-state index is 9.63. The van der Waals surface area contributed by atoms with E-state index in [0.717, 1.165) is 32.7 Å². The Kier molecular flexibility index (Phi) is 5.03. The Balaban J connectivity index is 1.87. The minimum Gasteiger partial charge on any atom is -0.391 e. The lowest BCUT2D eigenvalue weighted by Gasteiger charge is -2.36. The third-order valence-corrected chi connectivity index (χ3v) is 4.13. The van der Waals surface area contributed by atoms with Crippen molar-refractivity contribution in [2.45, 2.75) is 13.0 Å². The lowest BCUT2D eigenvalue weighted by molar-refractivity contribution is 0.127. The second kappa shape index (κ2) is 6.55. The Bertz CT molecular complexity index is 378. The van der Waals surface area contributed by atoms with Gasteiger partial charge in [-0.25, -0.2) is 0 Å². The van der Waals surface area contributed by atoms with Gasteiger partial charge in [0, 0.05) is 43.7 Å². The Morgan fingerprint density at radius 1 is 1.28 bits per heavy atom. The Hall–Kier alpha value is -0.580. The fraction of sp³-hybridized carbons (Fsp3) is 0.571. The number of aryl methyl sites for hydroxylation is 1. The van der Waals surface area contributed by atoms with Gasteiger partial charge < -0.3 is 10.0 Å². The van der Waals surface area contributed by atoms with E-state index in [9.17, 15) is 5.11 Å². The number of aliphatic hydroxyl groups is 1. The van der Waals surface area contributed by atoms with Crippen LogP contribution in [0, 0.1) is 6.92 Å². The van der Waals surface area contributed by atoms with Gasteiger partial charge in [-0.2, -0.15) is 0 Å². The molecule has 3 nitrogen and oxygen atoms in total. The predicted molar refractivity (Wildman–Crippen MR) is 79.6 cm³/mol. The molecule has 1 saturated heterocycles. The number of hydrogen-bond acceptors (Lipinski definition) is 3. The largest absolute Gasteiger partial charge is 0.391 e. The fourth-order valence-corrected chi connectivity index (χ4v) is 2.56. The van der Waals surface area contributed by atoms with E-state index < -0.39 is 0 Å². The van der Waals surface area contributed by atoms with Crippen LogP contribution in [0.2, 0.25) is 0 Å². The molecule has 0 radical (unpaired) electrons. The molecule has 1 fully saturated rings. The van der Waals surface area contributed by atoms with Gasteiger partial charge in [0.2, 0.25) is 0 Å². The van der Waals surface area contributed by atoms with Crippen molar-refractivity contribution in [3.63, 3.8) is 0 Å². The van der Waals surface area contributed by atoms with Crippen molar-refractivity contribution in [1.82, 2.24) is 4.90 Å². The van der Waals surface area contributed by atoms with Crippen LogP contribution in [0.1, 0.15) is 5.56 Å². The normalized spacial score (nSPS) is 18.9. The molecule has 0 aromatic heterocycles. The number of piperazine rings is 1. The fourth-order valence-electron chi connectivity index (χ4n) is 2.36. The summed E-state index contributed by atoms with van der Waals surface area (Å²) in [6, 6.07) is 8.66. The van der Waals surface area contributed by atoms with E-state index in [2.05, 4.69) is 56.9 Å². The number of aliphatic hydroxyl groups excluding tert-OH is 1. The molecule has 1 aromatic carbocycles. The van der Waals surface area contributed by atoms with Crippen LogP contribution in [-0.4, -0.2) is 54.2 Å². The molecule has 0 saturated carbocycles. The molecule has 4 heteroatoms. The SMILES string of the molecule is Cc1cccc(N2CCN(CC(O)CBr)CC2)c1. The summed E-state index contributed by atoms with van der Waals surface area (Å²) in [5, 5.41) is 10.3. The van der Waals surface area contributed by atoms with Crippen molar-refractivity contribution >= 4 is 21.6 Å². The number of nitrogens with zero attached hydrogens (tertiary/aromatic N) is 2. The molecule has 1 heterocycles. The van der Waals surface area contributed by atoms with E-state index in [0.29, 0.717) is 5.33 Å². The van der Waals surface area contributed by atoms with E-state index >= 15 is 0 Å². The average Bonchev–Trinajstić information content (AvgIpc) is 2.39. The van der Waals surface area contributed by atoms with Crippen LogP contribution in [0.4, 0.5) is 5.69 Å². The zero-order valence-corrected chi connectivity index (χ0v) is 12.4. The molecule has 1 N–H and O–H groups in total. The van der Waals surface area contributed by atoms with Crippen LogP contribution < -0.4 is 4.90 Å². The van der Waals surface area contributed by atoms with Crippen molar-refractivity contribution in [2.24, 2.45) is 0 Å². The number of rotatable bonds is 4. The van der Waals surface area contributed by atoms with Gasteiger partial charge in [0.05, 0.1) is 6.10 Å². The molecule has 1 unspecified atom stereocenters. The first kappa shape index (κ1) is 13.8. The molecule has 0 aliphatic carbocycles. The predicted octanol–water partition coefficient (Wildman–Crippen LogP) is 1.87. The van der Waals surface area contributed by atoms with E-state index in [1.165, 1.54) is 11.3 Å². The van der Waals surface area contributed by atoms with Crippen LogP contribution in [-0.2, 0) is 0 Å². The van der Waals surface area contributed by atoms with Crippen LogP contribution in [0.3, 0.4) is 0 Å². The Morgan fingerprint density at radius 3 is 2.61 bits per heavy atom. The summed E-state index contributed by atoms with van der Waals surface area (Å²) in [6.45, 7) is 7.03. The molecular formula is C14H21BrN2O. The van der Waals surface area contributed by atoms with Gasteiger partial charge in [0.15, 0.2) is 0 Å². The molecular weight excluding hydrogens is 292 g/mol. The van der Waals surface area contributed by atoms with Gasteiger partial charge in [0.25, 0.3) is 0 Å². The van der Waals surface area contributed by atoms with E-state index in [-0.39, 0.29) is 6.10 Å². The van der Waals surface area contributed by atoms with Crippen molar-refractivity contribution in [1.29, 1.82) is 0 Å². The standard InChI is InChI=1S/C14H21BrN2O/c1-12-3-2-4-13(9-12)17-7-5-16(6-8-17)11-14(18)10-15/h2-4,9,14,18H,5-8,10-11H2,1H3. The number of anilines is 1. The summed E-state index contributed by atoms with van der Waals surface area (Å²) in [4.78, 5) is 4.75. The summed E-state index contributed by atoms with van der Waals surface area (Å²) in [5.74, 6) is 0. The zero-order valence-electron chi connectivity index (χ0n) is 10.8. The van der Waals surface area contributed by atoms with Gasteiger partial charge in [-0.3, -0.25) is 4.90 Å². The lowest BCUT2D eigenvalue weighted by Crippen LogP contribution is -2.48. The molecule has 1 aromatic rings.